The van der Waals surface area contributed by atoms with Crippen LogP contribution in [-0.4, -0.2) is 55.3 Å². The molecule has 0 bridgehead atoms. The molecule has 1 atom stereocenters. The van der Waals surface area contributed by atoms with Gasteiger partial charge in [-0.3, -0.25) is 9.78 Å². The Balaban J connectivity index is 1.35. The first kappa shape index (κ1) is 22.9. The average Bonchev–Trinajstić information content (AvgIpc) is 3.11. The molecule has 3 heterocycles. The normalized spacial score (nSPS) is 20.7. The van der Waals surface area contributed by atoms with Crippen molar-refractivity contribution in [1.29, 1.82) is 0 Å². The predicted molar refractivity (Wildman–Crippen MR) is 129 cm³/mol. The Labute approximate surface area is 199 Å². The summed E-state index contributed by atoms with van der Waals surface area (Å²) in [5, 5.41) is 2.29. The van der Waals surface area contributed by atoms with Crippen LogP contribution in [0.3, 0.4) is 0 Å². The lowest BCUT2D eigenvalue weighted by molar-refractivity contribution is -0.148. The Bertz CT molecular complexity index is 1150. The third-order valence-corrected chi connectivity index (χ3v) is 7.24. The van der Waals surface area contributed by atoms with Crippen LogP contribution in [0, 0.1) is 17.2 Å². The Morgan fingerprint density at radius 2 is 1.91 bits per heavy atom. The summed E-state index contributed by atoms with van der Waals surface area (Å²) in [5.41, 5.74) is 1.19. The van der Waals surface area contributed by atoms with Crippen molar-refractivity contribution >= 4 is 16.7 Å². The summed E-state index contributed by atoms with van der Waals surface area (Å²) in [4.78, 5) is 20.2. The third-order valence-electron chi connectivity index (χ3n) is 7.24. The topological polar surface area (TPSA) is 51.7 Å². The molecule has 2 fully saturated rings. The molecule has 0 aliphatic carbocycles. The fourth-order valence-electron chi connectivity index (χ4n) is 5.35. The molecule has 1 amide bonds. The lowest BCUT2D eigenvalue weighted by Gasteiger charge is -2.40. The van der Waals surface area contributed by atoms with Gasteiger partial charge in [0.25, 0.3) is 0 Å². The highest BCUT2D eigenvalue weighted by atomic mass is 19.1. The van der Waals surface area contributed by atoms with Crippen molar-refractivity contribution in [1.82, 2.24) is 9.88 Å². The minimum atomic E-state index is -0.635. The Kier molecular flexibility index (Phi) is 6.88. The fourth-order valence-corrected chi connectivity index (χ4v) is 5.35. The molecule has 2 aliphatic rings. The van der Waals surface area contributed by atoms with Crippen molar-refractivity contribution in [3.05, 3.63) is 77.9 Å². The van der Waals surface area contributed by atoms with Crippen LogP contribution < -0.4 is 0 Å². The molecule has 2 aromatic carbocycles. The highest BCUT2D eigenvalue weighted by Gasteiger charge is 2.43. The van der Waals surface area contributed by atoms with Gasteiger partial charge in [-0.25, -0.2) is 4.39 Å². The van der Waals surface area contributed by atoms with Crippen molar-refractivity contribution in [3.63, 3.8) is 0 Å². The molecule has 1 aromatic heterocycles. The van der Waals surface area contributed by atoms with Crippen molar-refractivity contribution in [3.8, 4) is 0 Å². The zero-order chi connectivity index (χ0) is 23.4. The number of amides is 1. The van der Waals surface area contributed by atoms with Crippen molar-refractivity contribution < 1.29 is 18.7 Å². The van der Waals surface area contributed by atoms with Gasteiger partial charge >= 0.3 is 0 Å². The number of rotatable bonds is 5. The maximum atomic E-state index is 14.5. The van der Waals surface area contributed by atoms with Gasteiger partial charge in [0.1, 0.15) is 5.82 Å². The first-order chi connectivity index (χ1) is 16.6. The van der Waals surface area contributed by atoms with E-state index in [1.54, 1.807) is 18.3 Å². The van der Waals surface area contributed by atoms with Gasteiger partial charge in [-0.2, -0.15) is 0 Å². The molecule has 2 aliphatic heterocycles. The molecular formula is C28H31FN2O3. The van der Waals surface area contributed by atoms with E-state index in [1.165, 1.54) is 17.0 Å². The van der Waals surface area contributed by atoms with Crippen LogP contribution in [0.5, 0.6) is 0 Å². The van der Waals surface area contributed by atoms with Crippen molar-refractivity contribution in [2.45, 2.75) is 25.7 Å². The van der Waals surface area contributed by atoms with Gasteiger partial charge in [0.2, 0.25) is 5.91 Å². The number of benzene rings is 2. The molecule has 178 valence electrons. The third kappa shape index (κ3) is 4.98. The Morgan fingerprint density at radius 3 is 2.76 bits per heavy atom. The summed E-state index contributed by atoms with van der Waals surface area (Å²) in [7, 11) is 0. The van der Waals surface area contributed by atoms with E-state index < -0.39 is 5.41 Å². The largest absolute Gasteiger partial charge is 0.381 e. The lowest BCUT2D eigenvalue weighted by Crippen LogP contribution is -2.50. The van der Waals surface area contributed by atoms with E-state index in [0.717, 1.165) is 11.8 Å². The first-order valence-corrected chi connectivity index (χ1v) is 12.1. The lowest BCUT2D eigenvalue weighted by atomic mass is 9.73. The highest BCUT2D eigenvalue weighted by molar-refractivity contribution is 5.83. The summed E-state index contributed by atoms with van der Waals surface area (Å²) in [6.45, 7) is 3.41. The molecule has 0 spiro atoms. The second-order valence-corrected chi connectivity index (χ2v) is 9.61. The number of hydrogen-bond donors (Lipinski definition) is 0. The molecule has 0 N–H and O–H groups in total. The first-order valence-electron chi connectivity index (χ1n) is 12.1. The van der Waals surface area contributed by atoms with Gasteiger partial charge < -0.3 is 14.4 Å². The number of halogens is 1. The average molecular weight is 463 g/mol. The number of pyridine rings is 1. The molecule has 2 saturated heterocycles. The van der Waals surface area contributed by atoms with Crippen LogP contribution in [-0.2, 0) is 27.1 Å². The molecule has 6 heteroatoms. The number of carbonyl (C=O) groups is 1. The molecule has 3 aromatic rings. The summed E-state index contributed by atoms with van der Waals surface area (Å²) < 4.78 is 26.0. The molecule has 34 heavy (non-hydrogen) atoms. The minimum Gasteiger partial charge on any atom is -0.381 e. The molecule has 5 nitrogen and oxygen atoms in total. The molecule has 5 rings (SSSR count). The van der Waals surface area contributed by atoms with Crippen molar-refractivity contribution in [2.75, 3.05) is 39.5 Å². The summed E-state index contributed by atoms with van der Waals surface area (Å²) >= 11 is 0. The van der Waals surface area contributed by atoms with Gasteiger partial charge in [0.05, 0.1) is 18.6 Å². The highest BCUT2D eigenvalue weighted by Crippen LogP contribution is 2.37. The van der Waals surface area contributed by atoms with Crippen LogP contribution in [0.15, 0.2) is 60.9 Å². The van der Waals surface area contributed by atoms with Gasteiger partial charge in [-0.15, -0.1) is 0 Å². The van der Waals surface area contributed by atoms with Gasteiger partial charge in [0.15, 0.2) is 0 Å². The quantitative estimate of drug-likeness (QED) is 0.563. The minimum absolute atomic E-state index is 0.109. The van der Waals surface area contributed by atoms with Gasteiger partial charge in [-0.1, -0.05) is 30.3 Å². The maximum Gasteiger partial charge on any atom is 0.229 e. The zero-order valence-corrected chi connectivity index (χ0v) is 19.4. The van der Waals surface area contributed by atoms with Gasteiger partial charge in [0, 0.05) is 50.0 Å². The fraction of sp³-hybridized carbons (Fsp3) is 0.429. The molecule has 0 radical (unpaired) electrons. The molecular weight excluding hydrogens is 431 g/mol. The predicted octanol–water partition coefficient (Wildman–Crippen LogP) is 4.43. The van der Waals surface area contributed by atoms with Crippen molar-refractivity contribution in [2.24, 2.45) is 11.3 Å². The van der Waals surface area contributed by atoms with E-state index in [-0.39, 0.29) is 17.6 Å². The Morgan fingerprint density at radius 1 is 1.06 bits per heavy atom. The molecule has 1 unspecified atom stereocenters. The number of ether oxygens (including phenoxy) is 2. The maximum absolute atomic E-state index is 14.5. The smallest absolute Gasteiger partial charge is 0.229 e. The van der Waals surface area contributed by atoms with E-state index in [4.69, 9.17) is 9.47 Å². The van der Waals surface area contributed by atoms with E-state index in [1.807, 2.05) is 23.2 Å². The second-order valence-electron chi connectivity index (χ2n) is 9.61. The van der Waals surface area contributed by atoms with E-state index >= 15 is 0 Å². The number of carbonyl (C=O) groups excluding carboxylic acids is 1. The molecule has 0 saturated carbocycles. The number of nitrogens with zero attached hydrogens (tertiary/aromatic N) is 2. The standard InChI is InChI=1S/C28H31FN2O3/c29-26-4-2-1-3-24(26)17-28(8-12-33-13-9-28)27(32)31-11-14-34-20-22(19-31)15-21-5-6-23-7-10-30-18-25(23)16-21/h1-7,10,16,18,22H,8-9,11-15,17,19-20H2. The van der Waals surface area contributed by atoms with Gasteiger partial charge in [-0.05, 0) is 60.4 Å². The van der Waals surface area contributed by atoms with Crippen LogP contribution in [0.4, 0.5) is 4.39 Å². The summed E-state index contributed by atoms with van der Waals surface area (Å²) in [6.07, 6.45) is 6.15. The monoisotopic (exact) mass is 462 g/mol. The summed E-state index contributed by atoms with van der Waals surface area (Å²) in [5.74, 6) is 0.0622. The van der Waals surface area contributed by atoms with Crippen LogP contribution >= 0.6 is 0 Å². The second kappa shape index (κ2) is 10.2. The van der Waals surface area contributed by atoms with E-state index in [2.05, 4.69) is 23.2 Å². The number of hydrogen-bond acceptors (Lipinski definition) is 4. The van der Waals surface area contributed by atoms with Crippen LogP contribution in [0.25, 0.3) is 10.8 Å². The van der Waals surface area contributed by atoms with E-state index in [9.17, 15) is 9.18 Å². The van der Waals surface area contributed by atoms with E-state index in [0.29, 0.717) is 64.3 Å². The van der Waals surface area contributed by atoms with Crippen LogP contribution in [0.2, 0.25) is 0 Å². The number of fused-ring (bicyclic) bond motifs is 1. The SMILES string of the molecule is O=C(N1CCOCC(Cc2ccc3ccncc3c2)C1)C1(Cc2ccccc2F)CCOCC1. The summed E-state index contributed by atoms with van der Waals surface area (Å²) in [6, 6.07) is 15.3. The number of aromatic nitrogens is 1. The van der Waals surface area contributed by atoms with Crippen LogP contribution in [0.1, 0.15) is 24.0 Å². The zero-order valence-electron chi connectivity index (χ0n) is 19.4. The Hall–Kier alpha value is -2.83.